The standard InChI is InChI=1S/C17H20O2/c1-17(2,3)19-16(18)15-10-8-14(9-11-15)12-13-6-4-5-7-13/h4-6,8-11H,7,12H2,1-3H3. The van der Waals surface area contributed by atoms with Crippen molar-refractivity contribution in [2.45, 2.75) is 39.2 Å². The van der Waals surface area contributed by atoms with E-state index in [2.05, 4.69) is 18.2 Å². The number of carbonyl (C=O) groups is 1. The van der Waals surface area contributed by atoms with E-state index in [9.17, 15) is 4.79 Å². The first-order chi connectivity index (χ1) is 8.94. The molecule has 0 saturated carbocycles. The molecular formula is C17H20O2. The van der Waals surface area contributed by atoms with Crippen molar-refractivity contribution in [2.75, 3.05) is 0 Å². The molecule has 0 N–H and O–H groups in total. The predicted octanol–water partition coefficient (Wildman–Crippen LogP) is 4.07. The van der Waals surface area contributed by atoms with Crippen LogP contribution in [-0.4, -0.2) is 11.6 Å². The van der Waals surface area contributed by atoms with Gasteiger partial charge in [-0.15, -0.1) is 0 Å². The minimum absolute atomic E-state index is 0.263. The lowest BCUT2D eigenvalue weighted by Gasteiger charge is -2.19. The lowest BCUT2D eigenvalue weighted by molar-refractivity contribution is 0.00695. The Morgan fingerprint density at radius 1 is 1.21 bits per heavy atom. The van der Waals surface area contributed by atoms with Gasteiger partial charge in [-0.2, -0.15) is 0 Å². The zero-order valence-electron chi connectivity index (χ0n) is 11.8. The van der Waals surface area contributed by atoms with Gasteiger partial charge in [0.25, 0.3) is 0 Å². The van der Waals surface area contributed by atoms with Gasteiger partial charge in [0.05, 0.1) is 5.56 Å². The molecule has 0 radical (unpaired) electrons. The third-order valence-corrected chi connectivity index (χ3v) is 2.87. The smallest absolute Gasteiger partial charge is 0.338 e. The summed E-state index contributed by atoms with van der Waals surface area (Å²) in [6, 6.07) is 7.68. The van der Waals surface area contributed by atoms with Crippen LogP contribution >= 0.6 is 0 Å². The van der Waals surface area contributed by atoms with Crippen molar-refractivity contribution in [1.29, 1.82) is 0 Å². The van der Waals surface area contributed by atoms with Crippen molar-refractivity contribution in [3.8, 4) is 0 Å². The van der Waals surface area contributed by atoms with Crippen LogP contribution < -0.4 is 0 Å². The molecule has 0 amide bonds. The second-order valence-electron chi connectivity index (χ2n) is 5.83. The summed E-state index contributed by atoms with van der Waals surface area (Å²) in [6.07, 6.45) is 8.38. The Balaban J connectivity index is 2.00. The number of esters is 1. The summed E-state index contributed by atoms with van der Waals surface area (Å²) < 4.78 is 5.34. The van der Waals surface area contributed by atoms with Crippen LogP contribution in [0.1, 0.15) is 43.1 Å². The fourth-order valence-corrected chi connectivity index (χ4v) is 1.98. The average Bonchev–Trinajstić information content (AvgIpc) is 2.80. The molecule has 2 heteroatoms. The molecule has 19 heavy (non-hydrogen) atoms. The highest BCUT2D eigenvalue weighted by Crippen LogP contribution is 2.18. The van der Waals surface area contributed by atoms with Gasteiger partial charge in [-0.1, -0.05) is 35.9 Å². The van der Waals surface area contributed by atoms with Gasteiger partial charge in [0.1, 0.15) is 5.60 Å². The molecule has 0 saturated heterocycles. The summed E-state index contributed by atoms with van der Waals surface area (Å²) in [5, 5.41) is 0. The molecule has 0 spiro atoms. The van der Waals surface area contributed by atoms with Gasteiger partial charge in [0, 0.05) is 0 Å². The van der Waals surface area contributed by atoms with Crippen LogP contribution in [0.5, 0.6) is 0 Å². The summed E-state index contributed by atoms with van der Waals surface area (Å²) in [5.41, 5.74) is 2.79. The summed E-state index contributed by atoms with van der Waals surface area (Å²) in [7, 11) is 0. The Morgan fingerprint density at radius 2 is 1.89 bits per heavy atom. The van der Waals surface area contributed by atoms with Gasteiger partial charge < -0.3 is 4.74 Å². The number of carbonyl (C=O) groups excluding carboxylic acids is 1. The highest BCUT2D eigenvalue weighted by Gasteiger charge is 2.17. The first-order valence-corrected chi connectivity index (χ1v) is 6.61. The van der Waals surface area contributed by atoms with E-state index >= 15 is 0 Å². The molecule has 0 aliphatic heterocycles. The number of benzene rings is 1. The van der Waals surface area contributed by atoms with E-state index in [-0.39, 0.29) is 5.97 Å². The molecule has 100 valence electrons. The summed E-state index contributed by atoms with van der Waals surface area (Å²) >= 11 is 0. The maximum absolute atomic E-state index is 11.9. The second-order valence-corrected chi connectivity index (χ2v) is 5.83. The van der Waals surface area contributed by atoms with Crippen LogP contribution in [0.4, 0.5) is 0 Å². The molecule has 0 heterocycles. The van der Waals surface area contributed by atoms with Crippen molar-refractivity contribution >= 4 is 5.97 Å². The summed E-state index contributed by atoms with van der Waals surface area (Å²) in [4.78, 5) is 11.9. The van der Waals surface area contributed by atoms with Crippen molar-refractivity contribution in [3.05, 3.63) is 59.2 Å². The topological polar surface area (TPSA) is 26.3 Å². The maximum Gasteiger partial charge on any atom is 0.338 e. The molecule has 0 atom stereocenters. The molecule has 1 aromatic rings. The van der Waals surface area contributed by atoms with E-state index in [4.69, 9.17) is 4.74 Å². The van der Waals surface area contributed by atoms with Gasteiger partial charge in [0.15, 0.2) is 0 Å². The minimum atomic E-state index is -0.448. The van der Waals surface area contributed by atoms with Gasteiger partial charge in [-0.3, -0.25) is 0 Å². The van der Waals surface area contributed by atoms with Crippen LogP contribution in [0.15, 0.2) is 48.1 Å². The number of hydrogen-bond donors (Lipinski definition) is 0. The Labute approximate surface area is 114 Å². The van der Waals surface area contributed by atoms with Crippen molar-refractivity contribution < 1.29 is 9.53 Å². The molecule has 0 bridgehead atoms. The molecule has 1 aromatic carbocycles. The normalized spacial score (nSPS) is 14.4. The average molecular weight is 256 g/mol. The molecular weight excluding hydrogens is 236 g/mol. The highest BCUT2D eigenvalue weighted by molar-refractivity contribution is 5.89. The number of rotatable bonds is 3. The van der Waals surface area contributed by atoms with Crippen molar-refractivity contribution in [2.24, 2.45) is 0 Å². The van der Waals surface area contributed by atoms with E-state index < -0.39 is 5.60 Å². The highest BCUT2D eigenvalue weighted by atomic mass is 16.6. The summed E-state index contributed by atoms with van der Waals surface area (Å²) in [6.45, 7) is 5.62. The fourth-order valence-electron chi connectivity index (χ4n) is 1.98. The number of allylic oxidation sites excluding steroid dienone is 4. The molecule has 0 unspecified atom stereocenters. The predicted molar refractivity (Wildman–Crippen MR) is 77.2 cm³/mol. The third kappa shape index (κ3) is 4.09. The first-order valence-electron chi connectivity index (χ1n) is 6.61. The monoisotopic (exact) mass is 256 g/mol. The third-order valence-electron chi connectivity index (χ3n) is 2.87. The Kier molecular flexibility index (Phi) is 3.89. The fraction of sp³-hybridized carbons (Fsp3) is 0.353. The number of ether oxygens (including phenoxy) is 1. The number of hydrogen-bond acceptors (Lipinski definition) is 2. The minimum Gasteiger partial charge on any atom is -0.456 e. The summed E-state index contributed by atoms with van der Waals surface area (Å²) in [5.74, 6) is -0.263. The van der Waals surface area contributed by atoms with Gasteiger partial charge >= 0.3 is 5.97 Å². The molecule has 1 aliphatic carbocycles. The van der Waals surface area contributed by atoms with E-state index in [1.807, 2.05) is 45.0 Å². The maximum atomic E-state index is 11.9. The van der Waals surface area contributed by atoms with E-state index in [1.54, 1.807) is 0 Å². The van der Waals surface area contributed by atoms with E-state index in [0.29, 0.717) is 5.56 Å². The van der Waals surface area contributed by atoms with Crippen LogP contribution in [0, 0.1) is 0 Å². The Morgan fingerprint density at radius 3 is 2.42 bits per heavy atom. The first kappa shape index (κ1) is 13.6. The SMILES string of the molecule is CC(C)(C)OC(=O)c1ccc(CC2=CC=CC2)cc1. The van der Waals surface area contributed by atoms with Crippen molar-refractivity contribution in [1.82, 2.24) is 0 Å². The molecule has 1 aliphatic rings. The quantitative estimate of drug-likeness (QED) is 0.762. The Hall–Kier alpha value is -1.83. The Bertz CT molecular complexity index is 513. The van der Waals surface area contributed by atoms with Crippen LogP contribution in [0.25, 0.3) is 0 Å². The van der Waals surface area contributed by atoms with Gasteiger partial charge in [-0.05, 0) is 51.3 Å². The second kappa shape index (κ2) is 5.43. The van der Waals surface area contributed by atoms with E-state index in [0.717, 1.165) is 12.8 Å². The largest absolute Gasteiger partial charge is 0.456 e. The van der Waals surface area contributed by atoms with Gasteiger partial charge in [-0.25, -0.2) is 4.79 Å². The molecule has 0 aromatic heterocycles. The van der Waals surface area contributed by atoms with Crippen molar-refractivity contribution in [3.63, 3.8) is 0 Å². The lowest BCUT2D eigenvalue weighted by atomic mass is 10.0. The molecule has 0 fully saturated rings. The van der Waals surface area contributed by atoms with Gasteiger partial charge in [0.2, 0.25) is 0 Å². The van der Waals surface area contributed by atoms with E-state index in [1.165, 1.54) is 11.1 Å². The zero-order valence-corrected chi connectivity index (χ0v) is 11.8. The van der Waals surface area contributed by atoms with Crippen LogP contribution in [0.3, 0.4) is 0 Å². The lowest BCUT2D eigenvalue weighted by Crippen LogP contribution is -2.23. The molecule has 2 nitrogen and oxygen atoms in total. The van der Waals surface area contributed by atoms with Crippen LogP contribution in [0.2, 0.25) is 0 Å². The zero-order chi connectivity index (χ0) is 13.9. The van der Waals surface area contributed by atoms with Crippen LogP contribution in [-0.2, 0) is 11.2 Å². The molecule has 2 rings (SSSR count).